The molecule has 1 atom stereocenters. The molecule has 0 radical (unpaired) electrons. The summed E-state index contributed by atoms with van der Waals surface area (Å²) >= 11 is 15.6. The Labute approximate surface area is 130 Å². The van der Waals surface area contributed by atoms with E-state index in [4.69, 9.17) is 23.2 Å². The fourth-order valence-electron chi connectivity index (χ4n) is 1.97. The van der Waals surface area contributed by atoms with Gasteiger partial charge in [-0.05, 0) is 47.7 Å². The van der Waals surface area contributed by atoms with Gasteiger partial charge in [-0.3, -0.25) is 0 Å². The smallest absolute Gasteiger partial charge is 0.124 e. The van der Waals surface area contributed by atoms with Gasteiger partial charge in [0.05, 0.1) is 0 Å². The standard InChI is InChI=1S/C15H12BrCl2F/c16-9-12(10-2-1-3-13(17)7-10)6-11-4-5-14(19)8-15(11)18/h1-5,7-8,12H,6,9H2. The SMILES string of the molecule is Fc1ccc(CC(CBr)c2cccc(Cl)c2)c(Cl)c1. The predicted octanol–water partition coefficient (Wildman–Crippen LogP) is 5.85. The van der Waals surface area contributed by atoms with Gasteiger partial charge in [0.25, 0.3) is 0 Å². The largest absolute Gasteiger partial charge is 0.207 e. The molecular weight excluding hydrogens is 350 g/mol. The monoisotopic (exact) mass is 360 g/mol. The molecule has 0 heterocycles. The summed E-state index contributed by atoms with van der Waals surface area (Å²) in [4.78, 5) is 0. The van der Waals surface area contributed by atoms with Crippen molar-refractivity contribution in [1.82, 2.24) is 0 Å². The molecular formula is C15H12BrCl2F. The molecule has 0 spiro atoms. The van der Waals surface area contributed by atoms with E-state index in [0.29, 0.717) is 10.0 Å². The number of hydrogen-bond donors (Lipinski definition) is 0. The first kappa shape index (κ1) is 14.8. The first-order chi connectivity index (χ1) is 9.10. The summed E-state index contributed by atoms with van der Waals surface area (Å²) in [5.74, 6) is -0.0615. The van der Waals surface area contributed by atoms with E-state index in [1.165, 1.54) is 12.1 Å². The van der Waals surface area contributed by atoms with Crippen molar-refractivity contribution in [3.63, 3.8) is 0 Å². The van der Waals surface area contributed by atoms with Crippen molar-refractivity contribution in [2.45, 2.75) is 12.3 Å². The lowest BCUT2D eigenvalue weighted by molar-refractivity contribution is 0.626. The maximum Gasteiger partial charge on any atom is 0.124 e. The van der Waals surface area contributed by atoms with Crippen LogP contribution in [0.4, 0.5) is 4.39 Å². The molecule has 0 N–H and O–H groups in total. The number of alkyl halides is 1. The van der Waals surface area contributed by atoms with Crippen molar-refractivity contribution >= 4 is 39.1 Å². The third-order valence-corrected chi connectivity index (χ3v) is 4.36. The van der Waals surface area contributed by atoms with Crippen LogP contribution in [0, 0.1) is 5.82 Å². The van der Waals surface area contributed by atoms with Crippen molar-refractivity contribution in [1.29, 1.82) is 0 Å². The highest BCUT2D eigenvalue weighted by Gasteiger charge is 2.13. The zero-order valence-corrected chi connectivity index (χ0v) is 13.1. The normalized spacial score (nSPS) is 12.4. The molecule has 2 rings (SSSR count). The topological polar surface area (TPSA) is 0 Å². The van der Waals surface area contributed by atoms with Crippen LogP contribution in [0.3, 0.4) is 0 Å². The molecule has 0 bridgehead atoms. The predicted molar refractivity (Wildman–Crippen MR) is 83.1 cm³/mol. The second-order valence-electron chi connectivity index (χ2n) is 4.35. The second kappa shape index (κ2) is 6.74. The highest BCUT2D eigenvalue weighted by molar-refractivity contribution is 9.09. The molecule has 0 aromatic heterocycles. The molecule has 0 saturated heterocycles. The highest BCUT2D eigenvalue weighted by Crippen LogP contribution is 2.28. The summed E-state index contributed by atoms with van der Waals surface area (Å²) < 4.78 is 13.0. The van der Waals surface area contributed by atoms with Crippen LogP contribution < -0.4 is 0 Å². The van der Waals surface area contributed by atoms with E-state index in [0.717, 1.165) is 22.9 Å². The van der Waals surface area contributed by atoms with Crippen LogP contribution in [0.1, 0.15) is 17.0 Å². The number of hydrogen-bond acceptors (Lipinski definition) is 0. The summed E-state index contributed by atoms with van der Waals surface area (Å²) in [7, 11) is 0. The average Bonchev–Trinajstić information content (AvgIpc) is 2.38. The maximum absolute atomic E-state index is 13.0. The van der Waals surface area contributed by atoms with Crippen LogP contribution in [-0.2, 0) is 6.42 Å². The quantitative estimate of drug-likeness (QED) is 0.599. The summed E-state index contributed by atoms with van der Waals surface area (Å²) in [5.41, 5.74) is 2.08. The Balaban J connectivity index is 2.24. The van der Waals surface area contributed by atoms with Crippen LogP contribution in [0.15, 0.2) is 42.5 Å². The summed E-state index contributed by atoms with van der Waals surface area (Å²) in [5, 5.41) is 1.97. The van der Waals surface area contributed by atoms with Gasteiger partial charge < -0.3 is 0 Å². The molecule has 1 unspecified atom stereocenters. The fourth-order valence-corrected chi connectivity index (χ4v) is 3.02. The molecule has 0 saturated carbocycles. The van der Waals surface area contributed by atoms with E-state index in [1.54, 1.807) is 6.07 Å². The number of halogens is 4. The second-order valence-corrected chi connectivity index (χ2v) is 5.84. The fraction of sp³-hybridized carbons (Fsp3) is 0.200. The summed E-state index contributed by atoms with van der Waals surface area (Å²) in [6.07, 6.45) is 0.741. The van der Waals surface area contributed by atoms with E-state index in [2.05, 4.69) is 15.9 Å². The lowest BCUT2D eigenvalue weighted by atomic mass is 9.94. The molecule has 2 aromatic carbocycles. The Bertz CT molecular complexity index is 572. The van der Waals surface area contributed by atoms with Crippen LogP contribution >= 0.6 is 39.1 Å². The van der Waals surface area contributed by atoms with Gasteiger partial charge in [0, 0.05) is 15.4 Å². The summed E-state index contributed by atoms with van der Waals surface area (Å²) in [6, 6.07) is 12.3. The van der Waals surface area contributed by atoms with Crippen molar-refractivity contribution in [2.75, 3.05) is 5.33 Å². The maximum atomic E-state index is 13.0. The minimum absolute atomic E-state index is 0.252. The van der Waals surface area contributed by atoms with Gasteiger partial charge in [0.2, 0.25) is 0 Å². The molecule has 0 fully saturated rings. The van der Waals surface area contributed by atoms with Gasteiger partial charge in [-0.15, -0.1) is 0 Å². The molecule has 19 heavy (non-hydrogen) atoms. The Hall–Kier alpha value is -0.570. The summed E-state index contributed by atoms with van der Waals surface area (Å²) in [6.45, 7) is 0. The Morgan fingerprint density at radius 2 is 1.89 bits per heavy atom. The van der Waals surface area contributed by atoms with E-state index in [9.17, 15) is 4.39 Å². The van der Waals surface area contributed by atoms with Crippen LogP contribution in [-0.4, -0.2) is 5.33 Å². The van der Waals surface area contributed by atoms with E-state index < -0.39 is 0 Å². The molecule has 0 aliphatic carbocycles. The lowest BCUT2D eigenvalue weighted by Gasteiger charge is -2.16. The van der Waals surface area contributed by atoms with Gasteiger partial charge in [0.15, 0.2) is 0 Å². The van der Waals surface area contributed by atoms with Gasteiger partial charge in [0.1, 0.15) is 5.82 Å². The van der Waals surface area contributed by atoms with E-state index in [1.807, 2.05) is 24.3 Å². The first-order valence-electron chi connectivity index (χ1n) is 5.85. The Morgan fingerprint density at radius 3 is 2.53 bits per heavy atom. The van der Waals surface area contributed by atoms with Gasteiger partial charge in [-0.25, -0.2) is 4.39 Å². The van der Waals surface area contributed by atoms with Crippen LogP contribution in [0.5, 0.6) is 0 Å². The minimum Gasteiger partial charge on any atom is -0.207 e. The van der Waals surface area contributed by atoms with Crippen molar-refractivity contribution in [3.05, 3.63) is 69.5 Å². The molecule has 0 nitrogen and oxygen atoms in total. The van der Waals surface area contributed by atoms with Gasteiger partial charge in [-0.2, -0.15) is 0 Å². The molecule has 2 aromatic rings. The van der Waals surface area contributed by atoms with Gasteiger partial charge >= 0.3 is 0 Å². The zero-order valence-electron chi connectivity index (χ0n) is 10.0. The zero-order chi connectivity index (χ0) is 13.8. The van der Waals surface area contributed by atoms with E-state index in [-0.39, 0.29) is 11.7 Å². The average molecular weight is 362 g/mol. The first-order valence-corrected chi connectivity index (χ1v) is 7.73. The van der Waals surface area contributed by atoms with Crippen molar-refractivity contribution in [3.8, 4) is 0 Å². The highest BCUT2D eigenvalue weighted by atomic mass is 79.9. The van der Waals surface area contributed by atoms with Crippen molar-refractivity contribution in [2.24, 2.45) is 0 Å². The third-order valence-electron chi connectivity index (χ3n) is 2.99. The molecule has 0 aliphatic heterocycles. The molecule has 4 heteroatoms. The third kappa shape index (κ3) is 3.95. The van der Waals surface area contributed by atoms with Crippen LogP contribution in [0.2, 0.25) is 10.0 Å². The number of rotatable bonds is 4. The molecule has 0 amide bonds. The van der Waals surface area contributed by atoms with Crippen molar-refractivity contribution < 1.29 is 4.39 Å². The Kier molecular flexibility index (Phi) is 5.26. The molecule has 100 valence electrons. The molecule has 0 aliphatic rings. The Morgan fingerprint density at radius 1 is 1.11 bits per heavy atom. The number of benzene rings is 2. The van der Waals surface area contributed by atoms with Gasteiger partial charge in [-0.1, -0.05) is 57.3 Å². The van der Waals surface area contributed by atoms with Crippen LogP contribution in [0.25, 0.3) is 0 Å². The van der Waals surface area contributed by atoms with E-state index >= 15 is 0 Å². The minimum atomic E-state index is -0.313. The lowest BCUT2D eigenvalue weighted by Crippen LogP contribution is -2.05.